The molecule has 0 aliphatic rings. The highest BCUT2D eigenvalue weighted by Crippen LogP contribution is 2.20. The van der Waals surface area contributed by atoms with Crippen molar-refractivity contribution in [3.05, 3.63) is 12.2 Å². The summed E-state index contributed by atoms with van der Waals surface area (Å²) < 4.78 is 65.0. The third kappa shape index (κ3) is 24.3. The average molecular weight is 532 g/mol. The third-order valence-electron chi connectivity index (χ3n) is 5.68. The predicted octanol–water partition coefficient (Wildman–Crippen LogP) is 6.71. The molecule has 0 aromatic carbocycles. The lowest BCUT2D eigenvalue weighted by Gasteiger charge is -2.29. The number of carbonyl (C=O) groups is 1. The van der Waals surface area contributed by atoms with Crippen LogP contribution in [0, 0.1) is 0 Å². The molecule has 210 valence electrons. The molecule has 0 saturated carbocycles. The molecule has 10 heteroatoms. The van der Waals surface area contributed by atoms with Gasteiger partial charge in [-0.3, -0.25) is 0 Å². The van der Waals surface area contributed by atoms with Gasteiger partial charge in [0, 0.05) is 5.57 Å². The number of nitrogens with zero attached hydrogens (tertiary/aromatic N) is 1. The maximum Gasteiger partial charge on any atom is 0.485 e. The van der Waals surface area contributed by atoms with Crippen molar-refractivity contribution in [1.82, 2.24) is 0 Å². The second-order valence-corrected chi connectivity index (χ2v) is 11.2. The number of rotatable bonds is 19. The highest BCUT2D eigenvalue weighted by Gasteiger charge is 2.36. The number of carbonyl (C=O) groups excluding carboxylic acids is 1. The van der Waals surface area contributed by atoms with Crippen LogP contribution in [0.25, 0.3) is 0 Å². The molecule has 0 fully saturated rings. The molecule has 0 aromatic heterocycles. The van der Waals surface area contributed by atoms with E-state index in [1.165, 1.54) is 89.9 Å². The summed E-state index contributed by atoms with van der Waals surface area (Å²) >= 11 is 0. The van der Waals surface area contributed by atoms with Crippen LogP contribution in [0.4, 0.5) is 13.2 Å². The van der Waals surface area contributed by atoms with E-state index >= 15 is 0 Å². The van der Waals surface area contributed by atoms with Gasteiger partial charge in [-0.05, 0) is 19.8 Å². The SMILES string of the molecule is C=C(C)C(=O)OCC[N+](C)(C)CCCCCCCCCCCCCCCC.O=S(=O)([O-])C(F)(F)F. The van der Waals surface area contributed by atoms with Crippen LogP contribution in [0.5, 0.6) is 0 Å². The van der Waals surface area contributed by atoms with E-state index in [0.717, 1.165) is 17.6 Å². The van der Waals surface area contributed by atoms with Crippen molar-refractivity contribution >= 4 is 16.1 Å². The lowest BCUT2D eigenvalue weighted by molar-refractivity contribution is -0.890. The van der Waals surface area contributed by atoms with Crippen LogP contribution in [0.3, 0.4) is 0 Å². The van der Waals surface area contributed by atoms with E-state index in [1.807, 2.05) is 0 Å². The molecule has 35 heavy (non-hydrogen) atoms. The van der Waals surface area contributed by atoms with Crippen molar-refractivity contribution in [3.63, 3.8) is 0 Å². The summed E-state index contributed by atoms with van der Waals surface area (Å²) in [6, 6.07) is 0. The standard InChI is InChI=1S/C24H48NO2.CHF3O3S/c1-6-7-8-9-10-11-12-13-14-15-16-17-18-19-20-25(4,5)21-22-27-24(26)23(2)3;2-1(3,4)8(5,6)7/h2,6-22H2,1,3-5H3;(H,5,6,7)/q+1;/p-1. The molecule has 0 heterocycles. The molecule has 6 nitrogen and oxygen atoms in total. The van der Waals surface area contributed by atoms with Gasteiger partial charge in [-0.2, -0.15) is 13.2 Å². The summed E-state index contributed by atoms with van der Waals surface area (Å²) in [4.78, 5) is 11.4. The van der Waals surface area contributed by atoms with E-state index in [1.54, 1.807) is 6.92 Å². The molecule has 0 saturated heterocycles. The smallest absolute Gasteiger partial charge is 0.485 e. The Hall–Kier alpha value is -1.13. The van der Waals surface area contributed by atoms with Crippen LogP contribution in [-0.4, -0.2) is 62.7 Å². The Bertz CT molecular complexity index is 665. The normalized spacial score (nSPS) is 12.1. The summed E-state index contributed by atoms with van der Waals surface area (Å²) in [7, 11) is -1.65. The zero-order valence-corrected chi connectivity index (χ0v) is 23.1. The lowest BCUT2D eigenvalue weighted by atomic mass is 10.0. The Morgan fingerprint density at radius 2 is 1.17 bits per heavy atom. The first-order valence-corrected chi connectivity index (χ1v) is 14.2. The average Bonchev–Trinajstić information content (AvgIpc) is 2.72. The molecule has 0 bridgehead atoms. The number of ether oxygens (including phenoxy) is 1. The van der Waals surface area contributed by atoms with Gasteiger partial charge in [0.1, 0.15) is 13.2 Å². The number of halogens is 3. The number of unbranched alkanes of at least 4 members (excludes halogenated alkanes) is 13. The van der Waals surface area contributed by atoms with Gasteiger partial charge in [0.25, 0.3) is 0 Å². The predicted molar refractivity (Wildman–Crippen MR) is 134 cm³/mol. The number of alkyl halides is 3. The van der Waals surface area contributed by atoms with Gasteiger partial charge >= 0.3 is 11.5 Å². The van der Waals surface area contributed by atoms with Crippen molar-refractivity contribution in [2.24, 2.45) is 0 Å². The summed E-state index contributed by atoms with van der Waals surface area (Å²) in [6.45, 7) is 10.1. The summed E-state index contributed by atoms with van der Waals surface area (Å²) in [5.41, 5.74) is -5.17. The topological polar surface area (TPSA) is 83.5 Å². The Labute approximate surface area is 211 Å². The lowest BCUT2D eigenvalue weighted by Crippen LogP contribution is -2.43. The van der Waals surface area contributed by atoms with Crippen LogP contribution >= 0.6 is 0 Å². The van der Waals surface area contributed by atoms with Crippen molar-refractivity contribution in [2.75, 3.05) is 33.8 Å². The van der Waals surface area contributed by atoms with Gasteiger partial charge in [0.2, 0.25) is 0 Å². The number of hydrogen-bond acceptors (Lipinski definition) is 5. The molecule has 0 amide bonds. The van der Waals surface area contributed by atoms with Gasteiger partial charge in [0.05, 0.1) is 20.6 Å². The Morgan fingerprint density at radius 3 is 1.49 bits per heavy atom. The monoisotopic (exact) mass is 531 g/mol. The Morgan fingerprint density at radius 1 is 0.829 bits per heavy atom. The van der Waals surface area contributed by atoms with E-state index < -0.39 is 15.6 Å². The van der Waals surface area contributed by atoms with Crippen molar-refractivity contribution < 1.29 is 40.2 Å². The van der Waals surface area contributed by atoms with Gasteiger partial charge in [0.15, 0.2) is 10.1 Å². The summed E-state index contributed by atoms with van der Waals surface area (Å²) in [5.74, 6) is -0.272. The summed E-state index contributed by atoms with van der Waals surface area (Å²) in [6.07, 6.45) is 19.6. The Kier molecular flexibility index (Phi) is 20.6. The maximum absolute atomic E-state index is 11.4. The molecule has 0 aliphatic heterocycles. The van der Waals surface area contributed by atoms with Crippen LogP contribution < -0.4 is 0 Å². The van der Waals surface area contributed by atoms with E-state index in [4.69, 9.17) is 17.7 Å². The molecule has 0 atom stereocenters. The fourth-order valence-corrected chi connectivity index (χ4v) is 3.35. The number of esters is 1. The van der Waals surface area contributed by atoms with Crippen molar-refractivity contribution in [1.29, 1.82) is 0 Å². The number of likely N-dealkylation sites (N-methyl/N-ethyl adjacent to an activating group) is 1. The number of quaternary nitrogens is 1. The van der Waals surface area contributed by atoms with Crippen LogP contribution in [0.2, 0.25) is 0 Å². The largest absolute Gasteiger partial charge is 0.741 e. The number of hydrogen-bond donors (Lipinski definition) is 0. The van der Waals surface area contributed by atoms with Crippen LogP contribution in [0.15, 0.2) is 12.2 Å². The zero-order chi connectivity index (χ0) is 27.4. The first-order valence-electron chi connectivity index (χ1n) is 12.8. The quantitative estimate of drug-likeness (QED) is 0.0462. The van der Waals surface area contributed by atoms with Gasteiger partial charge in [-0.1, -0.05) is 90.6 Å². The molecule has 0 unspecified atom stereocenters. The highest BCUT2D eigenvalue weighted by atomic mass is 32.2. The zero-order valence-electron chi connectivity index (χ0n) is 22.3. The highest BCUT2D eigenvalue weighted by molar-refractivity contribution is 7.86. The second-order valence-electron chi connectivity index (χ2n) is 9.80. The first-order chi connectivity index (χ1) is 16.1. The molecule has 0 spiro atoms. The van der Waals surface area contributed by atoms with E-state index in [-0.39, 0.29) is 5.97 Å². The van der Waals surface area contributed by atoms with E-state index in [9.17, 15) is 18.0 Å². The molecule has 0 rings (SSSR count). The molecular formula is C25H48F3NO5S. The molecule has 0 aromatic rings. The Balaban J connectivity index is 0. The molecule has 0 aliphatic carbocycles. The summed E-state index contributed by atoms with van der Waals surface area (Å²) in [5, 5.41) is 0. The third-order valence-corrected chi connectivity index (χ3v) is 6.25. The van der Waals surface area contributed by atoms with Crippen molar-refractivity contribution in [3.8, 4) is 0 Å². The second kappa shape index (κ2) is 20.0. The minimum atomic E-state index is -6.09. The first kappa shape index (κ1) is 36.0. The maximum atomic E-state index is 11.4. The minimum absolute atomic E-state index is 0.272. The van der Waals surface area contributed by atoms with Crippen LogP contribution in [-0.2, 0) is 19.6 Å². The minimum Gasteiger partial charge on any atom is -0.741 e. The molecule has 0 radical (unpaired) electrons. The van der Waals surface area contributed by atoms with Gasteiger partial charge in [-0.25, -0.2) is 13.2 Å². The van der Waals surface area contributed by atoms with Crippen LogP contribution in [0.1, 0.15) is 104 Å². The fraction of sp³-hybridized carbons (Fsp3) is 0.880. The molecular weight excluding hydrogens is 483 g/mol. The fourth-order valence-electron chi connectivity index (χ4n) is 3.35. The van der Waals surface area contributed by atoms with E-state index in [2.05, 4.69) is 27.6 Å². The molecule has 0 N–H and O–H groups in total. The van der Waals surface area contributed by atoms with Gasteiger partial charge in [-0.15, -0.1) is 0 Å². The van der Waals surface area contributed by atoms with E-state index in [0.29, 0.717) is 12.2 Å². The van der Waals surface area contributed by atoms with Crippen molar-refractivity contribution in [2.45, 2.75) is 109 Å². The van der Waals surface area contributed by atoms with Gasteiger partial charge < -0.3 is 13.8 Å².